The fourth-order valence-electron chi connectivity index (χ4n) is 4.37. The van der Waals surface area contributed by atoms with Gasteiger partial charge in [-0.25, -0.2) is 0 Å². The fourth-order valence-corrected chi connectivity index (χ4v) is 4.37. The van der Waals surface area contributed by atoms with Crippen molar-refractivity contribution < 1.29 is 50.6 Å². The number of piperidine rings is 1. The van der Waals surface area contributed by atoms with E-state index < -0.39 is 59.3 Å². The normalized spacial score (nSPS) is 21.7. The highest BCUT2D eigenvalue weighted by Crippen LogP contribution is 2.48. The lowest BCUT2D eigenvalue weighted by Gasteiger charge is -2.34. The Bertz CT molecular complexity index is 1130. The van der Waals surface area contributed by atoms with Gasteiger partial charge in [-0.3, -0.25) is 9.89 Å². The van der Waals surface area contributed by atoms with E-state index in [1.807, 2.05) is 0 Å². The summed E-state index contributed by atoms with van der Waals surface area (Å²) < 4.78 is 84.5. The smallest absolute Gasteiger partial charge is 0.437 e. The molecule has 2 aliphatic rings. The Morgan fingerprint density at radius 2 is 1.89 bits per heavy atom. The van der Waals surface area contributed by atoms with E-state index in [1.54, 1.807) is 0 Å². The lowest BCUT2D eigenvalue weighted by Crippen LogP contribution is -2.48. The van der Waals surface area contributed by atoms with Crippen LogP contribution in [0.1, 0.15) is 53.2 Å². The molecule has 1 fully saturated rings. The second-order valence-electron chi connectivity index (χ2n) is 8.44. The van der Waals surface area contributed by atoms with Crippen LogP contribution in [-0.4, -0.2) is 51.4 Å². The zero-order valence-corrected chi connectivity index (χ0v) is 17.7. The Morgan fingerprint density at radius 3 is 2.43 bits per heavy atom. The molecule has 2 aliphatic heterocycles. The molecule has 4 rings (SSSR count). The molecule has 1 saturated heterocycles. The van der Waals surface area contributed by atoms with Crippen molar-refractivity contribution in [3.8, 4) is 0 Å². The number of alkyl halides is 6. The number of nitrogens with zero attached hydrogens (tertiary/aromatic N) is 3. The molecule has 2 aromatic rings. The topological polar surface area (TPSA) is 147 Å². The van der Waals surface area contributed by atoms with Gasteiger partial charge in [-0.15, -0.1) is 0 Å². The van der Waals surface area contributed by atoms with Crippen molar-refractivity contribution in [3.05, 3.63) is 22.7 Å². The third kappa shape index (κ3) is 4.53. The third-order valence-electron chi connectivity index (χ3n) is 6.16. The van der Waals surface area contributed by atoms with Gasteiger partial charge >= 0.3 is 12.4 Å². The third-order valence-corrected chi connectivity index (χ3v) is 6.16. The summed E-state index contributed by atoms with van der Waals surface area (Å²) >= 11 is 0. The number of carbonyl (C=O) groups is 2. The Kier molecular flexibility index (Phi) is 5.97. The van der Waals surface area contributed by atoms with Gasteiger partial charge in [-0.1, -0.05) is 0 Å². The van der Waals surface area contributed by atoms with Gasteiger partial charge in [0.15, 0.2) is 22.9 Å². The molecule has 0 saturated carbocycles. The molecule has 0 aromatic carbocycles. The lowest BCUT2D eigenvalue weighted by molar-refractivity contribution is -0.267. The first-order chi connectivity index (χ1) is 16.2. The number of aromatic carboxylic acids is 1. The first-order valence-corrected chi connectivity index (χ1v) is 10.4. The van der Waals surface area contributed by atoms with Gasteiger partial charge in [0, 0.05) is 18.8 Å². The van der Waals surface area contributed by atoms with Crippen LogP contribution in [0.2, 0.25) is 0 Å². The van der Waals surface area contributed by atoms with Crippen LogP contribution < -0.4 is 15.3 Å². The van der Waals surface area contributed by atoms with Crippen LogP contribution in [0.5, 0.6) is 0 Å². The van der Waals surface area contributed by atoms with Crippen molar-refractivity contribution in [2.24, 2.45) is 5.92 Å². The van der Waals surface area contributed by atoms with Crippen molar-refractivity contribution in [2.75, 3.05) is 23.3 Å². The minimum Gasteiger partial charge on any atom is -0.541 e. The lowest BCUT2D eigenvalue weighted by atomic mass is 9.84. The maximum atomic E-state index is 13.6. The highest BCUT2D eigenvalue weighted by atomic mass is 19.4. The van der Waals surface area contributed by atoms with E-state index >= 15 is 0 Å². The summed E-state index contributed by atoms with van der Waals surface area (Å²) in [6.45, 7) is 0.331. The average Bonchev–Trinajstić information content (AvgIpc) is 3.37. The molecule has 0 spiro atoms. The zero-order chi connectivity index (χ0) is 25.8. The Hall–Kier alpha value is -3.30. The first kappa shape index (κ1) is 24.8. The Labute approximate surface area is 192 Å². The number of H-pyrrole nitrogens is 1. The summed E-state index contributed by atoms with van der Waals surface area (Å²) in [5.74, 6) is -5.03. The van der Waals surface area contributed by atoms with Crippen LogP contribution in [-0.2, 0) is 23.0 Å². The van der Waals surface area contributed by atoms with Crippen LogP contribution >= 0.6 is 0 Å². The molecule has 0 bridgehead atoms. The number of carbonyl (C=O) groups excluding carboxylic acids is 2. The number of hydrogen-bond acceptors (Lipinski definition) is 8. The number of carboxylic acid groups (broad SMARTS) is 1. The van der Waals surface area contributed by atoms with E-state index in [0.29, 0.717) is 19.3 Å². The van der Waals surface area contributed by atoms with Crippen LogP contribution in [0.3, 0.4) is 0 Å². The number of amides is 1. The molecule has 3 N–H and O–H groups in total. The number of anilines is 2. The van der Waals surface area contributed by atoms with Crippen LogP contribution in [0.15, 0.2) is 4.42 Å². The van der Waals surface area contributed by atoms with Gasteiger partial charge in [0.2, 0.25) is 5.91 Å². The molecule has 2 aromatic heterocycles. The molecular weight excluding hydrogens is 492 g/mol. The first-order valence-electron chi connectivity index (χ1n) is 10.4. The summed E-state index contributed by atoms with van der Waals surface area (Å²) in [6.07, 6.45) is -10.1. The molecule has 10 nitrogen and oxygen atoms in total. The molecule has 16 heteroatoms. The molecule has 0 aliphatic carbocycles. The SMILES string of the molecule is O=C1CC(O)(C(F)(F)F)c2c(n[nH]c2CCC2CCN(c3nc(C(F)(F)F)c(C(=O)[O-])o3)CC2)N1. The van der Waals surface area contributed by atoms with E-state index in [0.717, 1.165) is 0 Å². The molecule has 35 heavy (non-hydrogen) atoms. The number of aryl methyl sites for hydroxylation is 1. The summed E-state index contributed by atoms with van der Waals surface area (Å²) in [6, 6.07) is -0.511. The molecule has 1 unspecified atom stereocenters. The van der Waals surface area contributed by atoms with E-state index in [-0.39, 0.29) is 36.9 Å². The Morgan fingerprint density at radius 1 is 1.23 bits per heavy atom. The van der Waals surface area contributed by atoms with Gasteiger partial charge in [-0.05, 0) is 31.6 Å². The van der Waals surface area contributed by atoms with E-state index in [1.165, 1.54) is 4.90 Å². The summed E-state index contributed by atoms with van der Waals surface area (Å²) in [4.78, 5) is 27.2. The fraction of sp³-hybridized carbons (Fsp3) is 0.579. The molecule has 1 amide bonds. The van der Waals surface area contributed by atoms with Crippen molar-refractivity contribution in [1.82, 2.24) is 15.2 Å². The number of oxazole rings is 1. The second-order valence-corrected chi connectivity index (χ2v) is 8.44. The molecule has 1 atom stereocenters. The van der Waals surface area contributed by atoms with E-state index in [4.69, 9.17) is 4.42 Å². The van der Waals surface area contributed by atoms with Crippen molar-refractivity contribution in [1.29, 1.82) is 0 Å². The molecule has 192 valence electrons. The minimum absolute atomic E-state index is 0.0170. The van der Waals surface area contributed by atoms with E-state index in [2.05, 4.69) is 20.5 Å². The maximum absolute atomic E-state index is 13.6. The average molecular weight is 510 g/mol. The summed E-state index contributed by atoms with van der Waals surface area (Å²) in [5.41, 5.74) is -5.59. The largest absolute Gasteiger partial charge is 0.541 e. The van der Waals surface area contributed by atoms with Crippen LogP contribution in [0.25, 0.3) is 0 Å². The number of carboxylic acids is 1. The number of halogens is 6. The quantitative estimate of drug-likeness (QED) is 0.516. The highest BCUT2D eigenvalue weighted by molar-refractivity contribution is 5.94. The second kappa shape index (κ2) is 8.42. The number of rotatable bonds is 5. The van der Waals surface area contributed by atoms with Crippen molar-refractivity contribution in [2.45, 2.75) is 50.1 Å². The van der Waals surface area contributed by atoms with Gasteiger partial charge in [-0.2, -0.15) is 36.4 Å². The standard InChI is InChI=1S/C19H19F6N5O5/c20-18(21,22)13-12(15(32)33)35-16(27-13)30-5-3-8(4-6-30)1-2-9-11-14(29-28-9)26-10(31)7-17(11,34)19(23,24)25/h8,34H,1-7H2,(H,32,33)(H2,26,28,29,31)/p-1. The molecule has 4 heterocycles. The van der Waals surface area contributed by atoms with Gasteiger partial charge < -0.3 is 29.6 Å². The number of aliphatic hydroxyl groups is 1. The van der Waals surface area contributed by atoms with Crippen LogP contribution in [0.4, 0.5) is 38.2 Å². The van der Waals surface area contributed by atoms with Crippen LogP contribution in [0, 0.1) is 5.92 Å². The zero-order valence-electron chi connectivity index (χ0n) is 17.7. The van der Waals surface area contributed by atoms with Crippen molar-refractivity contribution >= 4 is 23.7 Å². The van der Waals surface area contributed by atoms with Crippen molar-refractivity contribution in [3.63, 3.8) is 0 Å². The molecular formula is C19H18F6N5O5-. The van der Waals surface area contributed by atoms with Gasteiger partial charge in [0.25, 0.3) is 6.01 Å². The monoisotopic (exact) mass is 510 g/mol. The number of aromatic nitrogens is 3. The minimum atomic E-state index is -5.11. The number of fused-ring (bicyclic) bond motifs is 1. The highest BCUT2D eigenvalue weighted by Gasteiger charge is 2.60. The summed E-state index contributed by atoms with van der Waals surface area (Å²) in [5, 5.41) is 29.6. The number of aromatic amines is 1. The van der Waals surface area contributed by atoms with Gasteiger partial charge in [0.05, 0.1) is 12.0 Å². The Balaban J connectivity index is 1.42. The summed E-state index contributed by atoms with van der Waals surface area (Å²) in [7, 11) is 0. The predicted octanol–water partition coefficient (Wildman–Crippen LogP) is 1.72. The predicted molar refractivity (Wildman–Crippen MR) is 101 cm³/mol. The van der Waals surface area contributed by atoms with Gasteiger partial charge in [0.1, 0.15) is 5.97 Å². The number of nitrogens with one attached hydrogen (secondary N) is 2. The number of hydrogen-bond donors (Lipinski definition) is 3. The van der Waals surface area contributed by atoms with E-state index in [9.17, 15) is 46.1 Å². The molecule has 0 radical (unpaired) electrons. The maximum Gasteiger partial charge on any atom is 0.437 e.